The summed E-state index contributed by atoms with van der Waals surface area (Å²) in [6, 6.07) is 9.73. The molecule has 178 valence electrons. The van der Waals surface area contributed by atoms with E-state index in [-0.39, 0.29) is 24.0 Å². The van der Waals surface area contributed by atoms with Crippen LogP contribution in [0.1, 0.15) is 29.1 Å². The summed E-state index contributed by atoms with van der Waals surface area (Å²) >= 11 is 0. The molecular formula is C24H32IN5O3. The fourth-order valence-corrected chi connectivity index (χ4v) is 3.74. The zero-order chi connectivity index (χ0) is 22.3. The number of furan rings is 1. The van der Waals surface area contributed by atoms with Crippen LogP contribution in [0.25, 0.3) is 0 Å². The van der Waals surface area contributed by atoms with Crippen LogP contribution < -0.4 is 20.1 Å². The monoisotopic (exact) mass is 565 g/mol. The fraction of sp³-hybridized carbons (Fsp3) is 0.417. The zero-order valence-electron chi connectivity index (χ0n) is 19.4. The van der Waals surface area contributed by atoms with Gasteiger partial charge in [0.05, 0.1) is 25.2 Å². The first kappa shape index (κ1) is 24.9. The van der Waals surface area contributed by atoms with Gasteiger partial charge in [-0.3, -0.25) is 9.67 Å². The molecule has 9 heteroatoms. The topological polar surface area (TPSA) is 85.8 Å². The molecule has 0 atom stereocenters. The Morgan fingerprint density at radius 2 is 1.94 bits per heavy atom. The summed E-state index contributed by atoms with van der Waals surface area (Å²) in [6.45, 7) is 6.83. The van der Waals surface area contributed by atoms with E-state index in [1.807, 2.05) is 42.1 Å². The maximum Gasteiger partial charge on any atom is 0.195 e. The summed E-state index contributed by atoms with van der Waals surface area (Å²) in [7, 11) is 1.98. The van der Waals surface area contributed by atoms with Gasteiger partial charge in [0.1, 0.15) is 5.76 Å². The molecule has 0 radical (unpaired) electrons. The van der Waals surface area contributed by atoms with Crippen LogP contribution in [0, 0.1) is 13.8 Å². The summed E-state index contributed by atoms with van der Waals surface area (Å²) < 4.78 is 18.9. The zero-order valence-corrected chi connectivity index (χ0v) is 21.7. The summed E-state index contributed by atoms with van der Waals surface area (Å²) in [5, 5.41) is 11.4. The molecule has 0 aliphatic carbocycles. The third kappa shape index (κ3) is 6.66. The number of ether oxygens (including phenoxy) is 2. The Hall–Kier alpha value is -2.69. The molecule has 1 aliphatic heterocycles. The summed E-state index contributed by atoms with van der Waals surface area (Å²) in [6.07, 6.45) is 4.17. The number of halogens is 1. The van der Waals surface area contributed by atoms with Crippen molar-refractivity contribution >= 4 is 35.6 Å². The van der Waals surface area contributed by atoms with E-state index < -0.39 is 0 Å². The van der Waals surface area contributed by atoms with Gasteiger partial charge in [0.25, 0.3) is 0 Å². The highest BCUT2D eigenvalue weighted by Crippen LogP contribution is 2.32. The number of benzene rings is 1. The SMILES string of the molecule is Cc1nn(C)c(C)c1CCNC(=NCCc1ccco1)Nc1ccc2c(c1)OCCCO2.I. The number of hydrogen-bond acceptors (Lipinski definition) is 5. The fourth-order valence-electron chi connectivity index (χ4n) is 3.74. The predicted molar refractivity (Wildman–Crippen MR) is 140 cm³/mol. The van der Waals surface area contributed by atoms with Crippen LogP contribution in [0.2, 0.25) is 0 Å². The van der Waals surface area contributed by atoms with Gasteiger partial charge in [0.2, 0.25) is 0 Å². The lowest BCUT2D eigenvalue weighted by atomic mass is 10.1. The molecule has 0 unspecified atom stereocenters. The molecule has 0 amide bonds. The van der Waals surface area contributed by atoms with Gasteiger partial charge < -0.3 is 24.5 Å². The molecule has 8 nitrogen and oxygen atoms in total. The number of hydrogen-bond donors (Lipinski definition) is 2. The quantitative estimate of drug-likeness (QED) is 0.253. The van der Waals surface area contributed by atoms with Gasteiger partial charge in [0, 0.05) is 50.4 Å². The molecule has 0 saturated carbocycles. The molecule has 0 saturated heterocycles. The molecule has 2 aromatic heterocycles. The lowest BCUT2D eigenvalue weighted by Crippen LogP contribution is -2.33. The molecule has 33 heavy (non-hydrogen) atoms. The highest BCUT2D eigenvalue weighted by molar-refractivity contribution is 14.0. The maximum atomic E-state index is 5.82. The summed E-state index contributed by atoms with van der Waals surface area (Å²) in [4.78, 5) is 4.75. The number of nitrogens with one attached hydrogen (secondary N) is 2. The Bertz CT molecular complexity index is 1060. The van der Waals surface area contributed by atoms with E-state index in [2.05, 4.69) is 29.6 Å². The van der Waals surface area contributed by atoms with Crippen LogP contribution in [-0.4, -0.2) is 42.0 Å². The molecule has 3 aromatic rings. The number of fused-ring (bicyclic) bond motifs is 1. The van der Waals surface area contributed by atoms with Crippen molar-refractivity contribution in [1.29, 1.82) is 0 Å². The number of rotatable bonds is 7. The highest BCUT2D eigenvalue weighted by Gasteiger charge is 2.12. The van der Waals surface area contributed by atoms with Crippen LogP contribution in [-0.2, 0) is 19.9 Å². The number of aliphatic imine (C=N–C) groups is 1. The average molecular weight is 565 g/mol. The summed E-state index contributed by atoms with van der Waals surface area (Å²) in [5.74, 6) is 3.17. The van der Waals surface area contributed by atoms with Gasteiger partial charge in [0.15, 0.2) is 17.5 Å². The van der Waals surface area contributed by atoms with Crippen molar-refractivity contribution in [2.75, 3.05) is 31.6 Å². The van der Waals surface area contributed by atoms with Crippen molar-refractivity contribution < 1.29 is 13.9 Å². The minimum atomic E-state index is 0. The Morgan fingerprint density at radius 1 is 1.12 bits per heavy atom. The molecular weight excluding hydrogens is 533 g/mol. The van der Waals surface area contributed by atoms with Gasteiger partial charge in [-0.2, -0.15) is 5.10 Å². The Kier molecular flexibility index (Phi) is 9.04. The lowest BCUT2D eigenvalue weighted by molar-refractivity contribution is 0.297. The molecule has 0 spiro atoms. The van der Waals surface area contributed by atoms with E-state index in [0.29, 0.717) is 25.7 Å². The molecule has 4 rings (SSSR count). The molecule has 0 fully saturated rings. The van der Waals surface area contributed by atoms with Gasteiger partial charge >= 0.3 is 0 Å². The normalized spacial score (nSPS) is 13.2. The molecule has 3 heterocycles. The predicted octanol–water partition coefficient (Wildman–Crippen LogP) is 4.25. The van der Waals surface area contributed by atoms with Crippen molar-refractivity contribution in [2.24, 2.45) is 12.0 Å². The summed E-state index contributed by atoms with van der Waals surface area (Å²) in [5.41, 5.74) is 4.42. The number of anilines is 1. The van der Waals surface area contributed by atoms with Crippen molar-refractivity contribution in [1.82, 2.24) is 15.1 Å². The average Bonchev–Trinajstić information content (AvgIpc) is 3.29. The number of aromatic nitrogens is 2. The molecule has 1 aromatic carbocycles. The number of aryl methyl sites for hydroxylation is 2. The van der Waals surface area contributed by atoms with E-state index in [0.717, 1.165) is 54.4 Å². The Labute approximate surface area is 211 Å². The minimum Gasteiger partial charge on any atom is -0.490 e. The van der Waals surface area contributed by atoms with Crippen molar-refractivity contribution in [3.05, 3.63) is 59.3 Å². The van der Waals surface area contributed by atoms with E-state index in [4.69, 9.17) is 18.9 Å². The van der Waals surface area contributed by atoms with Crippen LogP contribution in [0.5, 0.6) is 11.5 Å². The number of guanidine groups is 1. The van der Waals surface area contributed by atoms with Gasteiger partial charge in [-0.15, -0.1) is 24.0 Å². The molecule has 2 N–H and O–H groups in total. The van der Waals surface area contributed by atoms with Gasteiger partial charge in [-0.1, -0.05) is 0 Å². The Balaban J connectivity index is 0.00000306. The van der Waals surface area contributed by atoms with E-state index in [9.17, 15) is 0 Å². The van der Waals surface area contributed by atoms with E-state index >= 15 is 0 Å². The van der Waals surface area contributed by atoms with Crippen LogP contribution >= 0.6 is 24.0 Å². The second-order valence-electron chi connectivity index (χ2n) is 7.85. The van der Waals surface area contributed by atoms with Gasteiger partial charge in [-0.05, 0) is 50.1 Å². The smallest absolute Gasteiger partial charge is 0.195 e. The van der Waals surface area contributed by atoms with Crippen molar-refractivity contribution in [3.63, 3.8) is 0 Å². The Morgan fingerprint density at radius 3 is 2.67 bits per heavy atom. The second-order valence-corrected chi connectivity index (χ2v) is 7.85. The molecule has 0 bridgehead atoms. The first-order chi connectivity index (χ1) is 15.6. The van der Waals surface area contributed by atoms with Crippen LogP contribution in [0.15, 0.2) is 46.0 Å². The second kappa shape index (κ2) is 12.0. The molecule has 1 aliphatic rings. The van der Waals surface area contributed by atoms with Crippen LogP contribution in [0.3, 0.4) is 0 Å². The third-order valence-electron chi connectivity index (χ3n) is 5.54. The standard InChI is InChI=1S/C24H31N5O3.HI/c1-17-21(18(2)29(3)28-17)10-12-26-24(25-11-9-20-6-4-13-30-20)27-19-7-8-22-23(16-19)32-15-5-14-31-22;/h4,6-8,13,16H,5,9-12,14-15H2,1-3H3,(H2,25,26,27);1H. The first-order valence-corrected chi connectivity index (χ1v) is 11.1. The largest absolute Gasteiger partial charge is 0.490 e. The van der Waals surface area contributed by atoms with Crippen molar-refractivity contribution in [2.45, 2.75) is 33.1 Å². The minimum absolute atomic E-state index is 0. The highest BCUT2D eigenvalue weighted by atomic mass is 127. The van der Waals surface area contributed by atoms with Gasteiger partial charge in [-0.25, -0.2) is 0 Å². The number of nitrogens with zero attached hydrogens (tertiary/aromatic N) is 3. The van der Waals surface area contributed by atoms with Crippen LogP contribution in [0.4, 0.5) is 5.69 Å². The maximum absolute atomic E-state index is 5.82. The third-order valence-corrected chi connectivity index (χ3v) is 5.54. The van der Waals surface area contributed by atoms with E-state index in [1.165, 1.54) is 11.3 Å². The van der Waals surface area contributed by atoms with E-state index in [1.54, 1.807) is 6.26 Å². The lowest BCUT2D eigenvalue weighted by Gasteiger charge is -2.15. The van der Waals surface area contributed by atoms with Crippen molar-refractivity contribution in [3.8, 4) is 11.5 Å². The first-order valence-electron chi connectivity index (χ1n) is 11.1.